The third-order valence-corrected chi connectivity index (χ3v) is 7.78. The lowest BCUT2D eigenvalue weighted by molar-refractivity contribution is 0.154. The van der Waals surface area contributed by atoms with E-state index in [0.29, 0.717) is 30.4 Å². The summed E-state index contributed by atoms with van der Waals surface area (Å²) < 4.78 is 0. The fourth-order valence-corrected chi connectivity index (χ4v) is 6.08. The van der Waals surface area contributed by atoms with Crippen LogP contribution in [0.15, 0.2) is 84.6 Å². The van der Waals surface area contributed by atoms with Crippen LogP contribution in [0.5, 0.6) is 0 Å². The zero-order valence-corrected chi connectivity index (χ0v) is 19.2. The number of nitrogens with zero attached hydrogens (tertiary/aromatic N) is 1. The van der Waals surface area contributed by atoms with E-state index in [0.717, 1.165) is 25.7 Å². The monoisotopic (exact) mass is 425 g/mol. The molecule has 2 fully saturated rings. The maximum absolute atomic E-state index is 9.65. The fraction of sp³-hybridized carbons (Fsp3) is 0.400. The highest BCUT2D eigenvalue weighted by atomic mass is 16.3. The van der Waals surface area contributed by atoms with E-state index in [1.165, 1.54) is 46.5 Å². The molecule has 2 aliphatic carbocycles. The molecule has 2 heteroatoms. The molecule has 1 saturated heterocycles. The predicted octanol–water partition coefficient (Wildman–Crippen LogP) is 7.09. The van der Waals surface area contributed by atoms with Crippen LogP contribution < -0.4 is 4.90 Å². The molecule has 3 aliphatic rings. The van der Waals surface area contributed by atoms with E-state index >= 15 is 0 Å². The third kappa shape index (κ3) is 4.21. The van der Waals surface area contributed by atoms with Crippen molar-refractivity contribution in [2.75, 3.05) is 11.5 Å². The van der Waals surface area contributed by atoms with Gasteiger partial charge in [-0.1, -0.05) is 68.1 Å². The molecule has 1 heterocycles. The third-order valence-electron chi connectivity index (χ3n) is 7.78. The van der Waals surface area contributed by atoms with Crippen LogP contribution in [0.3, 0.4) is 0 Å². The number of hydrogen-bond acceptors (Lipinski definition) is 2. The van der Waals surface area contributed by atoms with Gasteiger partial charge in [0, 0.05) is 24.4 Å². The van der Waals surface area contributed by atoms with Gasteiger partial charge in [-0.2, -0.15) is 0 Å². The Bertz CT molecular complexity index is 1020. The van der Waals surface area contributed by atoms with Crippen LogP contribution in [-0.2, 0) is 0 Å². The molecule has 0 bridgehead atoms. The molecule has 32 heavy (non-hydrogen) atoms. The molecule has 2 nitrogen and oxygen atoms in total. The minimum atomic E-state index is 0.330. The molecule has 1 N–H and O–H groups in total. The van der Waals surface area contributed by atoms with Gasteiger partial charge < -0.3 is 10.0 Å². The molecule has 4 atom stereocenters. The molecular formula is C30H35NO. The Hall–Kier alpha value is -2.58. The van der Waals surface area contributed by atoms with Crippen LogP contribution in [0, 0.1) is 11.8 Å². The normalized spacial score (nSPS) is 28.1. The van der Waals surface area contributed by atoms with Crippen molar-refractivity contribution in [1.29, 1.82) is 0 Å². The van der Waals surface area contributed by atoms with Crippen molar-refractivity contribution in [3.8, 4) is 0 Å². The summed E-state index contributed by atoms with van der Waals surface area (Å²) in [6.07, 6.45) is 11.5. The number of benzene rings is 2. The first-order valence-corrected chi connectivity index (χ1v) is 12.2. The van der Waals surface area contributed by atoms with Crippen LogP contribution >= 0.6 is 0 Å². The zero-order chi connectivity index (χ0) is 22.1. The standard InChI is InChI=1S/C30H35NO/c1-21-16-23(20-32)19-28(17-21)26-10-8-24(9-11-26)25-12-14-27(15-13-25)30-18-22(2)31(30)29-6-4-3-5-7-29/h3-12,14,21,23,28,30,32H,2,13,15-20H2,1H3. The van der Waals surface area contributed by atoms with Gasteiger partial charge in [0.05, 0.1) is 6.04 Å². The van der Waals surface area contributed by atoms with E-state index in [2.05, 4.69) is 85.2 Å². The van der Waals surface area contributed by atoms with Gasteiger partial charge in [0.25, 0.3) is 0 Å². The van der Waals surface area contributed by atoms with Gasteiger partial charge in [-0.3, -0.25) is 0 Å². The van der Waals surface area contributed by atoms with Crippen molar-refractivity contribution in [2.24, 2.45) is 11.8 Å². The van der Waals surface area contributed by atoms with E-state index in [9.17, 15) is 5.11 Å². The molecule has 2 aromatic carbocycles. The van der Waals surface area contributed by atoms with E-state index in [1.807, 2.05) is 0 Å². The predicted molar refractivity (Wildman–Crippen MR) is 135 cm³/mol. The van der Waals surface area contributed by atoms with Crippen LogP contribution in [-0.4, -0.2) is 17.8 Å². The quantitative estimate of drug-likeness (QED) is 0.552. The summed E-state index contributed by atoms with van der Waals surface area (Å²) in [6, 6.07) is 20.4. The van der Waals surface area contributed by atoms with E-state index < -0.39 is 0 Å². The molecule has 166 valence electrons. The van der Waals surface area contributed by atoms with Gasteiger partial charge >= 0.3 is 0 Å². The number of aliphatic hydroxyl groups is 1. The Morgan fingerprint density at radius 3 is 2.38 bits per heavy atom. The minimum absolute atomic E-state index is 0.330. The lowest BCUT2D eigenvalue weighted by atomic mass is 9.73. The Balaban J connectivity index is 1.28. The second-order valence-corrected chi connectivity index (χ2v) is 10.1. The number of hydrogen-bond donors (Lipinski definition) is 1. The van der Waals surface area contributed by atoms with Gasteiger partial charge in [-0.25, -0.2) is 0 Å². The summed E-state index contributed by atoms with van der Waals surface area (Å²) in [5.74, 6) is 1.76. The number of allylic oxidation sites excluding steroid dienone is 3. The molecule has 4 unspecified atom stereocenters. The highest BCUT2D eigenvalue weighted by Crippen LogP contribution is 2.42. The number of aliphatic hydroxyl groups excluding tert-OH is 1. The molecule has 5 rings (SSSR count). The van der Waals surface area contributed by atoms with Crippen molar-refractivity contribution in [3.05, 3.63) is 95.7 Å². The number of para-hydroxylation sites is 1. The maximum Gasteiger partial charge on any atom is 0.0605 e. The summed E-state index contributed by atoms with van der Waals surface area (Å²) in [7, 11) is 0. The highest BCUT2D eigenvalue weighted by molar-refractivity contribution is 5.70. The average molecular weight is 426 g/mol. The lowest BCUT2D eigenvalue weighted by Crippen LogP contribution is -2.46. The average Bonchev–Trinajstić information content (AvgIpc) is 2.83. The highest BCUT2D eigenvalue weighted by Gasteiger charge is 2.35. The Kier molecular flexibility index (Phi) is 6.06. The zero-order valence-electron chi connectivity index (χ0n) is 19.2. The van der Waals surface area contributed by atoms with Crippen LogP contribution in [0.2, 0.25) is 0 Å². The van der Waals surface area contributed by atoms with Crippen LogP contribution in [0.1, 0.15) is 62.5 Å². The molecule has 0 amide bonds. The largest absolute Gasteiger partial charge is 0.396 e. The SMILES string of the molecule is C=C1CC(C2=CC=C(c3ccc(C4CC(C)CC(CO)C4)cc3)CC2)N1c1ccccc1. The van der Waals surface area contributed by atoms with Gasteiger partial charge in [-0.15, -0.1) is 0 Å². The van der Waals surface area contributed by atoms with Gasteiger partial charge in [-0.05, 0) is 84.3 Å². The summed E-state index contributed by atoms with van der Waals surface area (Å²) in [4.78, 5) is 2.39. The fourth-order valence-electron chi connectivity index (χ4n) is 6.08. The van der Waals surface area contributed by atoms with Crippen LogP contribution in [0.4, 0.5) is 5.69 Å². The molecule has 1 saturated carbocycles. The van der Waals surface area contributed by atoms with E-state index in [-0.39, 0.29) is 0 Å². The summed E-state index contributed by atoms with van der Waals surface area (Å²) in [5.41, 5.74) is 8.22. The first-order chi connectivity index (χ1) is 15.6. The summed E-state index contributed by atoms with van der Waals surface area (Å²) >= 11 is 0. The van der Waals surface area contributed by atoms with Crippen molar-refractivity contribution in [2.45, 2.75) is 57.4 Å². The van der Waals surface area contributed by atoms with Gasteiger partial charge in [0.1, 0.15) is 0 Å². The number of anilines is 1. The molecular weight excluding hydrogens is 390 g/mol. The molecule has 0 aromatic heterocycles. The Labute approximate surface area is 193 Å². The smallest absolute Gasteiger partial charge is 0.0605 e. The van der Waals surface area contributed by atoms with E-state index in [1.54, 1.807) is 0 Å². The van der Waals surface area contributed by atoms with Crippen LogP contribution in [0.25, 0.3) is 5.57 Å². The molecule has 1 aliphatic heterocycles. The van der Waals surface area contributed by atoms with Crippen molar-refractivity contribution >= 4 is 11.3 Å². The summed E-state index contributed by atoms with van der Waals surface area (Å²) in [5, 5.41) is 9.65. The van der Waals surface area contributed by atoms with Gasteiger partial charge in [0.2, 0.25) is 0 Å². The van der Waals surface area contributed by atoms with Gasteiger partial charge in [0.15, 0.2) is 0 Å². The number of rotatable bonds is 5. The summed E-state index contributed by atoms with van der Waals surface area (Å²) in [6.45, 7) is 6.92. The Morgan fingerprint density at radius 1 is 0.938 bits per heavy atom. The first kappa shape index (κ1) is 21.3. The maximum atomic E-state index is 9.65. The molecule has 0 spiro atoms. The lowest BCUT2D eigenvalue weighted by Gasteiger charge is -2.46. The molecule has 2 aromatic rings. The second kappa shape index (κ2) is 9.11. The molecule has 0 radical (unpaired) electrons. The topological polar surface area (TPSA) is 23.5 Å². The Morgan fingerprint density at radius 2 is 1.72 bits per heavy atom. The van der Waals surface area contributed by atoms with E-state index in [4.69, 9.17) is 0 Å². The van der Waals surface area contributed by atoms with Crippen molar-refractivity contribution < 1.29 is 5.11 Å². The second-order valence-electron chi connectivity index (χ2n) is 10.1. The van der Waals surface area contributed by atoms with Crippen molar-refractivity contribution in [3.63, 3.8) is 0 Å². The first-order valence-electron chi connectivity index (χ1n) is 12.2. The minimum Gasteiger partial charge on any atom is -0.396 e. The van der Waals surface area contributed by atoms with Crippen molar-refractivity contribution in [1.82, 2.24) is 0 Å².